The number of carbonyl (C=O) groups is 1. The summed E-state index contributed by atoms with van der Waals surface area (Å²) in [7, 11) is 0. The third-order valence-electron chi connectivity index (χ3n) is 6.21. The van der Waals surface area contributed by atoms with Crippen molar-refractivity contribution < 1.29 is 4.79 Å². The standard InChI is InChI=1S/C29H27N5O2/c1-21-9-8-10-22(17-21)19-33-20-31-27-25(29(33)36)18-32-34(27)16-15-30-28(35)26(23-11-4-2-5-12-23)24-13-6-3-7-14-24/h2-14,17-18,20,26H,15-16,19H2,1H3,(H,30,35). The minimum atomic E-state index is -0.409. The van der Waals surface area contributed by atoms with E-state index in [-0.39, 0.29) is 11.5 Å². The molecule has 5 rings (SSSR count). The molecular weight excluding hydrogens is 450 g/mol. The second kappa shape index (κ2) is 10.4. The SMILES string of the molecule is Cc1cccc(Cn2cnc3c(cnn3CCNC(=O)C(c3ccccc3)c3ccccc3)c2=O)c1. The highest BCUT2D eigenvalue weighted by Crippen LogP contribution is 2.24. The Balaban J connectivity index is 1.30. The van der Waals surface area contributed by atoms with Gasteiger partial charge in [-0.25, -0.2) is 9.67 Å². The molecule has 7 heteroatoms. The quantitative estimate of drug-likeness (QED) is 0.368. The highest BCUT2D eigenvalue weighted by atomic mass is 16.2. The zero-order valence-electron chi connectivity index (χ0n) is 20.0. The number of amides is 1. The maximum Gasteiger partial charge on any atom is 0.264 e. The molecule has 0 unspecified atom stereocenters. The van der Waals surface area contributed by atoms with E-state index in [9.17, 15) is 9.59 Å². The van der Waals surface area contributed by atoms with Crippen molar-refractivity contribution in [2.75, 3.05) is 6.54 Å². The Morgan fingerprint density at radius 2 is 1.64 bits per heavy atom. The van der Waals surface area contributed by atoms with Crippen LogP contribution in [-0.4, -0.2) is 31.8 Å². The van der Waals surface area contributed by atoms with E-state index in [1.165, 1.54) is 0 Å². The molecule has 1 amide bonds. The topological polar surface area (TPSA) is 81.8 Å². The van der Waals surface area contributed by atoms with Gasteiger partial charge in [0.1, 0.15) is 11.7 Å². The van der Waals surface area contributed by atoms with Crippen LogP contribution in [-0.2, 0) is 17.9 Å². The fourth-order valence-electron chi connectivity index (χ4n) is 4.45. The third kappa shape index (κ3) is 4.95. The Hall–Kier alpha value is -4.52. The number of nitrogens with zero attached hydrogens (tertiary/aromatic N) is 4. The van der Waals surface area contributed by atoms with Gasteiger partial charge >= 0.3 is 0 Å². The molecule has 2 aromatic heterocycles. The first kappa shape index (κ1) is 23.2. The van der Waals surface area contributed by atoms with E-state index in [1.807, 2.05) is 85.8 Å². The normalized spacial score (nSPS) is 11.2. The summed E-state index contributed by atoms with van der Waals surface area (Å²) in [6.07, 6.45) is 3.11. The average molecular weight is 478 g/mol. The van der Waals surface area contributed by atoms with Crippen molar-refractivity contribution >= 4 is 16.9 Å². The van der Waals surface area contributed by atoms with Gasteiger partial charge in [0.2, 0.25) is 5.91 Å². The average Bonchev–Trinajstić information content (AvgIpc) is 3.31. The van der Waals surface area contributed by atoms with Crippen molar-refractivity contribution in [3.8, 4) is 0 Å². The molecule has 3 aromatic carbocycles. The zero-order chi connectivity index (χ0) is 24.9. The summed E-state index contributed by atoms with van der Waals surface area (Å²) in [6.45, 7) is 3.24. The molecule has 2 heterocycles. The van der Waals surface area contributed by atoms with Gasteiger partial charge in [-0.05, 0) is 23.6 Å². The van der Waals surface area contributed by atoms with Crippen LogP contribution in [0.2, 0.25) is 0 Å². The minimum Gasteiger partial charge on any atom is -0.353 e. The van der Waals surface area contributed by atoms with Crippen LogP contribution < -0.4 is 10.9 Å². The Kier molecular flexibility index (Phi) is 6.71. The maximum atomic E-state index is 13.2. The smallest absolute Gasteiger partial charge is 0.264 e. The lowest BCUT2D eigenvalue weighted by Crippen LogP contribution is -2.32. The number of aromatic nitrogens is 4. The summed E-state index contributed by atoms with van der Waals surface area (Å²) < 4.78 is 3.25. The Morgan fingerprint density at radius 1 is 0.944 bits per heavy atom. The van der Waals surface area contributed by atoms with E-state index in [0.29, 0.717) is 30.7 Å². The lowest BCUT2D eigenvalue weighted by molar-refractivity contribution is -0.121. The van der Waals surface area contributed by atoms with Gasteiger partial charge in [0.25, 0.3) is 5.56 Å². The number of hydrogen-bond donors (Lipinski definition) is 1. The monoisotopic (exact) mass is 477 g/mol. The molecule has 0 saturated heterocycles. The third-order valence-corrected chi connectivity index (χ3v) is 6.21. The number of fused-ring (bicyclic) bond motifs is 1. The first-order valence-electron chi connectivity index (χ1n) is 11.9. The summed E-state index contributed by atoms with van der Waals surface area (Å²) in [5.41, 5.74) is 4.43. The van der Waals surface area contributed by atoms with Gasteiger partial charge < -0.3 is 5.32 Å². The van der Waals surface area contributed by atoms with Gasteiger partial charge in [-0.3, -0.25) is 14.2 Å². The number of benzene rings is 3. The lowest BCUT2D eigenvalue weighted by atomic mass is 9.90. The molecule has 0 aliphatic rings. The molecule has 180 valence electrons. The summed E-state index contributed by atoms with van der Waals surface area (Å²) >= 11 is 0. The van der Waals surface area contributed by atoms with Crippen molar-refractivity contribution in [1.82, 2.24) is 24.6 Å². The van der Waals surface area contributed by atoms with Gasteiger partial charge in [0.05, 0.1) is 25.2 Å². The number of carbonyl (C=O) groups excluding carboxylic acids is 1. The zero-order valence-corrected chi connectivity index (χ0v) is 20.0. The van der Waals surface area contributed by atoms with Crippen LogP contribution >= 0.6 is 0 Å². The van der Waals surface area contributed by atoms with Crippen LogP contribution in [0.5, 0.6) is 0 Å². The fraction of sp³-hybridized carbons (Fsp3) is 0.172. The molecule has 0 atom stereocenters. The Labute approximate surface area is 209 Å². The highest BCUT2D eigenvalue weighted by Gasteiger charge is 2.22. The fourth-order valence-corrected chi connectivity index (χ4v) is 4.45. The van der Waals surface area contributed by atoms with Gasteiger partial charge in [0, 0.05) is 6.54 Å². The van der Waals surface area contributed by atoms with Crippen molar-refractivity contribution in [3.05, 3.63) is 130 Å². The van der Waals surface area contributed by atoms with Crippen molar-refractivity contribution in [2.45, 2.75) is 25.9 Å². The first-order valence-corrected chi connectivity index (χ1v) is 11.9. The van der Waals surface area contributed by atoms with Gasteiger partial charge in [0.15, 0.2) is 5.65 Å². The van der Waals surface area contributed by atoms with Crippen LogP contribution in [0.15, 0.2) is 102 Å². The van der Waals surface area contributed by atoms with E-state index in [2.05, 4.69) is 21.5 Å². The van der Waals surface area contributed by atoms with Crippen molar-refractivity contribution in [2.24, 2.45) is 0 Å². The molecule has 0 aliphatic heterocycles. The first-order chi connectivity index (χ1) is 17.6. The molecule has 0 fully saturated rings. The second-order valence-corrected chi connectivity index (χ2v) is 8.82. The predicted octanol–water partition coefficient (Wildman–Crippen LogP) is 3.90. The summed E-state index contributed by atoms with van der Waals surface area (Å²) in [4.78, 5) is 30.7. The summed E-state index contributed by atoms with van der Waals surface area (Å²) in [5, 5.41) is 7.86. The number of aryl methyl sites for hydroxylation is 1. The van der Waals surface area contributed by atoms with Gasteiger partial charge in [-0.2, -0.15) is 5.10 Å². The van der Waals surface area contributed by atoms with E-state index < -0.39 is 5.92 Å². The molecule has 0 radical (unpaired) electrons. The Bertz CT molecular complexity index is 1500. The number of rotatable bonds is 8. The summed E-state index contributed by atoms with van der Waals surface area (Å²) in [5.74, 6) is -0.494. The minimum absolute atomic E-state index is 0.0858. The molecule has 0 aliphatic carbocycles. The molecular formula is C29H27N5O2. The number of hydrogen-bond acceptors (Lipinski definition) is 4. The number of nitrogens with one attached hydrogen (secondary N) is 1. The Morgan fingerprint density at radius 3 is 2.31 bits per heavy atom. The van der Waals surface area contributed by atoms with Crippen LogP contribution in [0.1, 0.15) is 28.2 Å². The largest absolute Gasteiger partial charge is 0.353 e. The lowest BCUT2D eigenvalue weighted by Gasteiger charge is -2.18. The van der Waals surface area contributed by atoms with Crippen LogP contribution in [0.4, 0.5) is 0 Å². The van der Waals surface area contributed by atoms with Crippen LogP contribution in [0, 0.1) is 6.92 Å². The summed E-state index contributed by atoms with van der Waals surface area (Å²) in [6, 6.07) is 27.5. The maximum absolute atomic E-state index is 13.2. The van der Waals surface area contributed by atoms with E-state index in [1.54, 1.807) is 21.8 Å². The van der Waals surface area contributed by atoms with Gasteiger partial charge in [-0.1, -0.05) is 90.5 Å². The van der Waals surface area contributed by atoms with Crippen LogP contribution in [0.25, 0.3) is 11.0 Å². The molecule has 1 N–H and O–H groups in total. The van der Waals surface area contributed by atoms with Crippen molar-refractivity contribution in [3.63, 3.8) is 0 Å². The highest BCUT2D eigenvalue weighted by molar-refractivity contribution is 5.87. The van der Waals surface area contributed by atoms with Gasteiger partial charge in [-0.15, -0.1) is 0 Å². The molecule has 36 heavy (non-hydrogen) atoms. The van der Waals surface area contributed by atoms with E-state index in [0.717, 1.165) is 22.3 Å². The predicted molar refractivity (Wildman–Crippen MR) is 140 cm³/mol. The molecule has 7 nitrogen and oxygen atoms in total. The second-order valence-electron chi connectivity index (χ2n) is 8.82. The van der Waals surface area contributed by atoms with Crippen LogP contribution in [0.3, 0.4) is 0 Å². The van der Waals surface area contributed by atoms with E-state index >= 15 is 0 Å². The molecule has 5 aromatic rings. The molecule has 0 saturated carbocycles. The van der Waals surface area contributed by atoms with E-state index in [4.69, 9.17) is 0 Å². The molecule has 0 spiro atoms. The van der Waals surface area contributed by atoms with Crippen molar-refractivity contribution in [1.29, 1.82) is 0 Å². The molecule has 0 bridgehead atoms.